The zero-order chi connectivity index (χ0) is 13.2. The molecule has 0 atom stereocenters. The highest BCUT2D eigenvalue weighted by atomic mass is 15.2. The van der Waals surface area contributed by atoms with E-state index in [0.717, 1.165) is 34.4 Å². The van der Waals surface area contributed by atoms with E-state index in [2.05, 4.69) is 32.7 Å². The summed E-state index contributed by atoms with van der Waals surface area (Å²) in [5, 5.41) is 18.2. The lowest BCUT2D eigenvalue weighted by Crippen LogP contribution is -2.02. The van der Waals surface area contributed by atoms with Gasteiger partial charge in [0.25, 0.3) is 0 Å². The molecular weight excluding hydrogens is 238 g/mol. The molecule has 0 saturated carbocycles. The Kier molecular flexibility index (Phi) is 2.87. The molecule has 0 saturated heterocycles. The van der Waals surface area contributed by atoms with Crippen LogP contribution >= 0.6 is 0 Å². The van der Waals surface area contributed by atoms with E-state index in [1.54, 1.807) is 4.68 Å². The van der Waals surface area contributed by atoms with Crippen LogP contribution in [0.15, 0.2) is 36.7 Å². The first-order chi connectivity index (χ1) is 9.29. The van der Waals surface area contributed by atoms with Crippen molar-refractivity contribution in [1.82, 2.24) is 20.0 Å². The predicted molar refractivity (Wildman–Crippen MR) is 75.9 cm³/mol. The van der Waals surface area contributed by atoms with Crippen molar-refractivity contribution < 1.29 is 0 Å². The molecule has 3 rings (SSSR count). The second-order valence-electron chi connectivity index (χ2n) is 4.38. The van der Waals surface area contributed by atoms with Crippen molar-refractivity contribution in [1.29, 1.82) is 0 Å². The highest BCUT2D eigenvalue weighted by molar-refractivity contribution is 5.99. The molecule has 5 nitrogen and oxygen atoms in total. The lowest BCUT2D eigenvalue weighted by molar-refractivity contribution is 0.768. The lowest BCUT2D eigenvalue weighted by Gasteiger charge is -2.08. The fraction of sp³-hybridized carbons (Fsp3) is 0.214. The third-order valence-electron chi connectivity index (χ3n) is 3.01. The molecule has 2 heterocycles. The van der Waals surface area contributed by atoms with Gasteiger partial charge in [-0.1, -0.05) is 24.3 Å². The highest BCUT2D eigenvalue weighted by Gasteiger charge is 2.11. The van der Waals surface area contributed by atoms with Crippen molar-refractivity contribution in [2.24, 2.45) is 7.05 Å². The molecule has 0 unspecified atom stereocenters. The van der Waals surface area contributed by atoms with Gasteiger partial charge in [0.15, 0.2) is 5.82 Å². The van der Waals surface area contributed by atoms with Gasteiger partial charge >= 0.3 is 0 Å². The molecule has 1 N–H and O–H groups in total. The Morgan fingerprint density at radius 3 is 2.63 bits per heavy atom. The maximum Gasteiger partial charge on any atom is 0.156 e. The Labute approximate surface area is 111 Å². The number of anilines is 1. The first kappa shape index (κ1) is 11.6. The van der Waals surface area contributed by atoms with Crippen LogP contribution in [0, 0.1) is 0 Å². The molecule has 0 amide bonds. The summed E-state index contributed by atoms with van der Waals surface area (Å²) < 4.78 is 1.77. The Balaban J connectivity index is 2.24. The normalized spacial score (nSPS) is 10.8. The molecule has 0 spiro atoms. The Hall–Kier alpha value is -2.43. The van der Waals surface area contributed by atoms with Crippen LogP contribution in [0.2, 0.25) is 0 Å². The quantitative estimate of drug-likeness (QED) is 0.779. The minimum atomic E-state index is 0.824. The average molecular weight is 253 g/mol. The van der Waals surface area contributed by atoms with Gasteiger partial charge < -0.3 is 5.32 Å². The van der Waals surface area contributed by atoms with E-state index in [4.69, 9.17) is 0 Å². The van der Waals surface area contributed by atoms with Crippen molar-refractivity contribution in [2.75, 3.05) is 11.9 Å². The maximum atomic E-state index is 4.34. The number of aryl methyl sites for hydroxylation is 1. The van der Waals surface area contributed by atoms with E-state index in [0.29, 0.717) is 0 Å². The molecule has 0 radical (unpaired) electrons. The Bertz CT molecular complexity index is 717. The molecular formula is C14H15N5. The summed E-state index contributed by atoms with van der Waals surface area (Å²) in [6.45, 7) is 2.87. The fourth-order valence-corrected chi connectivity index (χ4v) is 2.16. The van der Waals surface area contributed by atoms with Gasteiger partial charge in [-0.3, -0.25) is 4.68 Å². The molecule has 1 aromatic carbocycles. The van der Waals surface area contributed by atoms with Crippen LogP contribution in [0.4, 0.5) is 5.82 Å². The van der Waals surface area contributed by atoms with Crippen molar-refractivity contribution in [3.63, 3.8) is 0 Å². The second-order valence-corrected chi connectivity index (χ2v) is 4.38. The summed E-state index contributed by atoms with van der Waals surface area (Å²) in [5.74, 6) is 0.825. The van der Waals surface area contributed by atoms with Gasteiger partial charge in [-0.05, 0) is 6.92 Å². The monoisotopic (exact) mass is 253 g/mol. The van der Waals surface area contributed by atoms with Crippen LogP contribution in [0.5, 0.6) is 0 Å². The van der Waals surface area contributed by atoms with E-state index in [9.17, 15) is 0 Å². The SMILES string of the molecule is CCNc1nnc(-c2cnn(C)c2)c2ccccc12. The zero-order valence-electron chi connectivity index (χ0n) is 11.0. The van der Waals surface area contributed by atoms with Crippen LogP contribution in [-0.2, 0) is 7.05 Å². The van der Waals surface area contributed by atoms with Gasteiger partial charge in [-0.25, -0.2) is 0 Å². The number of nitrogens with one attached hydrogen (secondary N) is 1. The summed E-state index contributed by atoms with van der Waals surface area (Å²) in [6.07, 6.45) is 3.76. The number of hydrogen-bond donors (Lipinski definition) is 1. The summed E-state index contributed by atoms with van der Waals surface area (Å²) in [7, 11) is 1.89. The number of fused-ring (bicyclic) bond motifs is 1. The summed E-state index contributed by atoms with van der Waals surface area (Å²) in [6, 6.07) is 8.15. The topological polar surface area (TPSA) is 55.6 Å². The Morgan fingerprint density at radius 1 is 1.16 bits per heavy atom. The largest absolute Gasteiger partial charge is 0.368 e. The molecule has 0 bridgehead atoms. The van der Waals surface area contributed by atoms with Gasteiger partial charge in [-0.15, -0.1) is 10.2 Å². The van der Waals surface area contributed by atoms with E-state index in [1.807, 2.05) is 38.5 Å². The minimum absolute atomic E-state index is 0.824. The van der Waals surface area contributed by atoms with E-state index in [1.165, 1.54) is 0 Å². The van der Waals surface area contributed by atoms with Crippen LogP contribution in [0.3, 0.4) is 0 Å². The van der Waals surface area contributed by atoms with Crippen molar-refractivity contribution in [3.05, 3.63) is 36.7 Å². The average Bonchev–Trinajstić information content (AvgIpc) is 2.86. The minimum Gasteiger partial charge on any atom is -0.368 e. The van der Waals surface area contributed by atoms with Gasteiger partial charge in [-0.2, -0.15) is 5.10 Å². The smallest absolute Gasteiger partial charge is 0.156 e. The molecule has 19 heavy (non-hydrogen) atoms. The lowest BCUT2D eigenvalue weighted by atomic mass is 10.1. The van der Waals surface area contributed by atoms with Crippen LogP contribution < -0.4 is 5.32 Å². The third kappa shape index (κ3) is 2.03. The predicted octanol–water partition coefficient (Wildman–Crippen LogP) is 2.46. The standard InChI is InChI=1S/C14H15N5/c1-3-15-14-12-7-5-4-6-11(12)13(17-18-14)10-8-16-19(2)9-10/h4-9H,3H2,1-2H3,(H,15,18). The second kappa shape index (κ2) is 4.68. The van der Waals surface area contributed by atoms with E-state index < -0.39 is 0 Å². The molecule has 0 aliphatic rings. The van der Waals surface area contributed by atoms with E-state index in [-0.39, 0.29) is 0 Å². The third-order valence-corrected chi connectivity index (χ3v) is 3.01. The molecule has 0 aliphatic heterocycles. The number of aromatic nitrogens is 4. The summed E-state index contributed by atoms with van der Waals surface area (Å²) in [5.41, 5.74) is 1.85. The molecule has 2 aromatic heterocycles. The number of nitrogens with zero attached hydrogens (tertiary/aromatic N) is 4. The Morgan fingerprint density at radius 2 is 1.95 bits per heavy atom. The van der Waals surface area contributed by atoms with Crippen molar-refractivity contribution in [3.8, 4) is 11.3 Å². The summed E-state index contributed by atoms with van der Waals surface area (Å²) >= 11 is 0. The zero-order valence-corrected chi connectivity index (χ0v) is 11.0. The number of hydrogen-bond acceptors (Lipinski definition) is 4. The van der Waals surface area contributed by atoms with Gasteiger partial charge in [0, 0.05) is 36.1 Å². The number of benzene rings is 1. The number of rotatable bonds is 3. The van der Waals surface area contributed by atoms with Crippen molar-refractivity contribution >= 4 is 16.6 Å². The molecule has 0 fully saturated rings. The maximum absolute atomic E-state index is 4.34. The molecule has 96 valence electrons. The van der Waals surface area contributed by atoms with Crippen LogP contribution in [0.1, 0.15) is 6.92 Å². The first-order valence-electron chi connectivity index (χ1n) is 6.28. The molecule has 0 aliphatic carbocycles. The van der Waals surface area contributed by atoms with Gasteiger partial charge in [0.1, 0.15) is 5.69 Å². The van der Waals surface area contributed by atoms with Crippen LogP contribution in [0.25, 0.3) is 22.0 Å². The first-order valence-corrected chi connectivity index (χ1v) is 6.28. The molecule has 5 heteroatoms. The summed E-state index contributed by atoms with van der Waals surface area (Å²) in [4.78, 5) is 0. The van der Waals surface area contributed by atoms with Crippen LogP contribution in [-0.4, -0.2) is 26.5 Å². The van der Waals surface area contributed by atoms with Gasteiger partial charge in [0.05, 0.1) is 6.20 Å². The molecule has 3 aromatic rings. The van der Waals surface area contributed by atoms with E-state index >= 15 is 0 Å². The highest BCUT2D eigenvalue weighted by Crippen LogP contribution is 2.29. The van der Waals surface area contributed by atoms with Crippen molar-refractivity contribution in [2.45, 2.75) is 6.92 Å². The van der Waals surface area contributed by atoms with Gasteiger partial charge in [0.2, 0.25) is 0 Å². The fourth-order valence-electron chi connectivity index (χ4n) is 2.16.